The van der Waals surface area contributed by atoms with Crippen molar-refractivity contribution in [3.05, 3.63) is 35.4 Å². The summed E-state index contributed by atoms with van der Waals surface area (Å²) in [5, 5.41) is 6.76. The zero-order valence-electron chi connectivity index (χ0n) is 20.2. The van der Waals surface area contributed by atoms with Crippen molar-refractivity contribution < 1.29 is 9.47 Å². The van der Waals surface area contributed by atoms with Crippen LogP contribution in [0.1, 0.15) is 37.3 Å². The summed E-state index contributed by atoms with van der Waals surface area (Å²) in [7, 11) is 2.20. The fourth-order valence-electron chi connectivity index (χ4n) is 4.07. The lowest BCUT2D eigenvalue weighted by Crippen LogP contribution is -2.43. The molecule has 1 aromatic carbocycles. The molecule has 0 aromatic heterocycles. The third kappa shape index (κ3) is 9.45. The van der Waals surface area contributed by atoms with Gasteiger partial charge in [0.15, 0.2) is 5.96 Å². The monoisotopic (exact) mass is 445 g/mol. The van der Waals surface area contributed by atoms with Crippen molar-refractivity contribution in [2.75, 3.05) is 72.7 Å². The number of ether oxygens (including phenoxy) is 2. The lowest BCUT2D eigenvalue weighted by molar-refractivity contribution is 0.0203. The Bertz CT molecular complexity index is 653. The summed E-state index contributed by atoms with van der Waals surface area (Å²) in [5.74, 6) is 1.54. The number of piperazine rings is 1. The van der Waals surface area contributed by atoms with Crippen LogP contribution in [0.3, 0.4) is 0 Å². The topological polar surface area (TPSA) is 61.4 Å². The van der Waals surface area contributed by atoms with Crippen molar-refractivity contribution in [1.82, 2.24) is 20.4 Å². The minimum Gasteiger partial charge on any atom is -0.381 e. The lowest BCUT2D eigenvalue weighted by atomic mass is 10.0. The first-order valence-corrected chi connectivity index (χ1v) is 12.4. The molecule has 2 fully saturated rings. The Morgan fingerprint density at radius 2 is 1.78 bits per heavy atom. The maximum Gasteiger partial charge on any atom is 0.191 e. The first kappa shape index (κ1) is 25.0. The van der Waals surface area contributed by atoms with E-state index in [1.807, 2.05) is 0 Å². The molecule has 3 rings (SSSR count). The molecule has 0 unspecified atom stereocenters. The Labute approximate surface area is 194 Å². The van der Waals surface area contributed by atoms with Gasteiger partial charge in [0.2, 0.25) is 0 Å². The Morgan fingerprint density at radius 1 is 1.06 bits per heavy atom. The fraction of sp³-hybridized carbons (Fsp3) is 0.720. The van der Waals surface area contributed by atoms with Crippen LogP contribution < -0.4 is 10.6 Å². The van der Waals surface area contributed by atoms with Crippen molar-refractivity contribution in [3.8, 4) is 0 Å². The molecule has 2 aliphatic heterocycles. The van der Waals surface area contributed by atoms with Crippen molar-refractivity contribution in [2.45, 2.75) is 39.3 Å². The molecule has 0 saturated carbocycles. The van der Waals surface area contributed by atoms with Gasteiger partial charge in [0, 0.05) is 72.2 Å². The van der Waals surface area contributed by atoms with Gasteiger partial charge in [-0.25, -0.2) is 4.99 Å². The minimum absolute atomic E-state index is 0.670. The summed E-state index contributed by atoms with van der Waals surface area (Å²) in [6.07, 6.45) is 3.24. The summed E-state index contributed by atoms with van der Waals surface area (Å²) in [5.41, 5.74) is 2.62. The van der Waals surface area contributed by atoms with E-state index < -0.39 is 0 Å². The molecule has 2 saturated heterocycles. The molecule has 2 heterocycles. The molecule has 0 amide bonds. The van der Waals surface area contributed by atoms with Crippen molar-refractivity contribution in [1.29, 1.82) is 0 Å². The average Bonchev–Trinajstić information content (AvgIpc) is 2.82. The van der Waals surface area contributed by atoms with Gasteiger partial charge in [-0.3, -0.25) is 4.90 Å². The van der Waals surface area contributed by atoms with E-state index in [0.717, 1.165) is 97.5 Å². The number of aliphatic imine (C=N–C) groups is 1. The highest BCUT2D eigenvalue weighted by atomic mass is 16.5. The molecule has 7 heteroatoms. The molecule has 2 aliphatic rings. The van der Waals surface area contributed by atoms with Gasteiger partial charge in [0.1, 0.15) is 0 Å². The second-order valence-electron chi connectivity index (χ2n) is 9.00. The van der Waals surface area contributed by atoms with E-state index in [1.54, 1.807) is 0 Å². The standard InChI is InChI=1S/C25H43N5O2/c1-3-26-25(27-11-4-16-32-21-24-9-17-31-18-10-24)28-19-22-5-7-23(8-6-22)20-30-14-12-29(2)13-15-30/h5-8,24H,3-4,9-21H2,1-2H3,(H2,26,27,28). The largest absolute Gasteiger partial charge is 0.381 e. The van der Waals surface area contributed by atoms with Crippen LogP contribution in [-0.2, 0) is 22.6 Å². The molecule has 0 spiro atoms. The number of hydrogen-bond acceptors (Lipinski definition) is 5. The zero-order valence-corrected chi connectivity index (χ0v) is 20.2. The Morgan fingerprint density at radius 3 is 2.50 bits per heavy atom. The predicted molar refractivity (Wildman–Crippen MR) is 131 cm³/mol. The first-order chi connectivity index (χ1) is 15.7. The molecule has 7 nitrogen and oxygen atoms in total. The Balaban J connectivity index is 1.33. The predicted octanol–water partition coefficient (Wildman–Crippen LogP) is 2.32. The van der Waals surface area contributed by atoms with Crippen LogP contribution in [0, 0.1) is 5.92 Å². The van der Waals surface area contributed by atoms with E-state index in [4.69, 9.17) is 14.5 Å². The van der Waals surface area contributed by atoms with Crippen LogP contribution in [0.2, 0.25) is 0 Å². The van der Waals surface area contributed by atoms with Gasteiger partial charge in [-0.15, -0.1) is 0 Å². The SMILES string of the molecule is CCNC(=NCc1ccc(CN2CCN(C)CC2)cc1)NCCCOCC1CCOCC1. The zero-order chi connectivity index (χ0) is 22.4. The van der Waals surface area contributed by atoms with Gasteiger partial charge in [-0.05, 0) is 50.3 Å². The summed E-state index contributed by atoms with van der Waals surface area (Å²) >= 11 is 0. The number of likely N-dealkylation sites (N-methyl/N-ethyl adjacent to an activating group) is 1. The molecular formula is C25H43N5O2. The summed E-state index contributed by atoms with van der Waals surface area (Å²) in [6, 6.07) is 8.92. The maximum absolute atomic E-state index is 5.85. The molecule has 32 heavy (non-hydrogen) atoms. The molecule has 0 radical (unpaired) electrons. The normalized spacial score (nSPS) is 19.2. The van der Waals surface area contributed by atoms with E-state index in [0.29, 0.717) is 12.5 Å². The van der Waals surface area contributed by atoms with E-state index in [-0.39, 0.29) is 0 Å². The van der Waals surface area contributed by atoms with E-state index >= 15 is 0 Å². The second-order valence-corrected chi connectivity index (χ2v) is 9.00. The molecule has 2 N–H and O–H groups in total. The molecule has 1 aromatic rings. The molecule has 0 bridgehead atoms. The van der Waals surface area contributed by atoms with Crippen LogP contribution in [0.25, 0.3) is 0 Å². The number of benzene rings is 1. The van der Waals surface area contributed by atoms with Gasteiger partial charge >= 0.3 is 0 Å². The van der Waals surface area contributed by atoms with Crippen molar-refractivity contribution in [2.24, 2.45) is 10.9 Å². The summed E-state index contributed by atoms with van der Waals surface area (Å²) < 4.78 is 11.3. The van der Waals surface area contributed by atoms with Gasteiger partial charge in [0.25, 0.3) is 0 Å². The van der Waals surface area contributed by atoms with Gasteiger partial charge < -0.3 is 25.0 Å². The molecule has 0 aliphatic carbocycles. The molecule has 0 atom stereocenters. The highest BCUT2D eigenvalue weighted by Gasteiger charge is 2.14. The Hall–Kier alpha value is -1.67. The van der Waals surface area contributed by atoms with E-state index in [9.17, 15) is 0 Å². The quantitative estimate of drug-likeness (QED) is 0.310. The van der Waals surface area contributed by atoms with Crippen LogP contribution in [0.15, 0.2) is 29.3 Å². The summed E-state index contributed by atoms with van der Waals surface area (Å²) in [6.45, 7) is 13.6. The van der Waals surface area contributed by atoms with Crippen LogP contribution in [0.5, 0.6) is 0 Å². The fourth-order valence-corrected chi connectivity index (χ4v) is 4.07. The highest BCUT2D eigenvalue weighted by Crippen LogP contribution is 2.14. The maximum atomic E-state index is 5.85. The smallest absolute Gasteiger partial charge is 0.191 e. The van der Waals surface area contributed by atoms with Crippen LogP contribution in [0.4, 0.5) is 0 Å². The van der Waals surface area contributed by atoms with E-state index in [2.05, 4.69) is 58.7 Å². The van der Waals surface area contributed by atoms with Gasteiger partial charge in [-0.2, -0.15) is 0 Å². The third-order valence-electron chi connectivity index (χ3n) is 6.24. The number of hydrogen-bond donors (Lipinski definition) is 2. The third-order valence-corrected chi connectivity index (χ3v) is 6.24. The number of nitrogens with zero attached hydrogens (tertiary/aromatic N) is 3. The van der Waals surface area contributed by atoms with Crippen molar-refractivity contribution in [3.63, 3.8) is 0 Å². The average molecular weight is 446 g/mol. The highest BCUT2D eigenvalue weighted by molar-refractivity contribution is 5.79. The van der Waals surface area contributed by atoms with Gasteiger partial charge in [-0.1, -0.05) is 24.3 Å². The summed E-state index contributed by atoms with van der Waals surface area (Å²) in [4.78, 5) is 9.68. The minimum atomic E-state index is 0.670. The molecular weight excluding hydrogens is 402 g/mol. The van der Waals surface area contributed by atoms with Gasteiger partial charge in [0.05, 0.1) is 6.54 Å². The second kappa shape index (κ2) is 14.5. The number of nitrogens with one attached hydrogen (secondary N) is 2. The Kier molecular flexibility index (Phi) is 11.3. The van der Waals surface area contributed by atoms with Crippen LogP contribution >= 0.6 is 0 Å². The lowest BCUT2D eigenvalue weighted by Gasteiger charge is -2.32. The number of guanidine groups is 1. The number of rotatable bonds is 11. The van der Waals surface area contributed by atoms with E-state index in [1.165, 1.54) is 11.1 Å². The van der Waals surface area contributed by atoms with Crippen LogP contribution in [-0.4, -0.2) is 88.5 Å². The van der Waals surface area contributed by atoms with Crippen molar-refractivity contribution >= 4 is 5.96 Å². The first-order valence-electron chi connectivity index (χ1n) is 12.4. The molecule has 180 valence electrons.